The molecule has 0 saturated heterocycles. The molecule has 0 N–H and O–H groups in total. The number of aryl methyl sites for hydroxylation is 1. The zero-order chi connectivity index (χ0) is 16.8. The molecule has 0 spiro atoms. The summed E-state index contributed by atoms with van der Waals surface area (Å²) in [6, 6.07) is 5.97. The summed E-state index contributed by atoms with van der Waals surface area (Å²) in [5.74, 6) is -1.69. The first-order chi connectivity index (χ1) is 10.3. The first-order valence-corrected chi connectivity index (χ1v) is 7.99. The van der Waals surface area contributed by atoms with Gasteiger partial charge in [0.15, 0.2) is 12.7 Å². The van der Waals surface area contributed by atoms with Gasteiger partial charge in [0.1, 0.15) is 0 Å². The minimum absolute atomic E-state index is 0.0665. The average Bonchev–Trinajstić information content (AvgIpc) is 2.45. The minimum Gasteiger partial charge on any atom is -0.463 e. The van der Waals surface area contributed by atoms with Crippen molar-refractivity contribution in [3.05, 3.63) is 29.8 Å². The van der Waals surface area contributed by atoms with E-state index in [2.05, 4.69) is 9.47 Å². The van der Waals surface area contributed by atoms with Crippen LogP contribution in [0.2, 0.25) is 0 Å². The van der Waals surface area contributed by atoms with Crippen LogP contribution in [0.5, 0.6) is 0 Å². The van der Waals surface area contributed by atoms with Crippen LogP contribution in [0.15, 0.2) is 29.2 Å². The zero-order valence-electron chi connectivity index (χ0n) is 12.6. The van der Waals surface area contributed by atoms with Crippen LogP contribution in [0.3, 0.4) is 0 Å². The Morgan fingerprint density at radius 1 is 1.14 bits per heavy atom. The second kappa shape index (κ2) is 7.90. The van der Waals surface area contributed by atoms with Crippen LogP contribution in [0.1, 0.15) is 19.4 Å². The van der Waals surface area contributed by atoms with E-state index in [0.29, 0.717) is 0 Å². The van der Waals surface area contributed by atoms with Crippen LogP contribution in [0, 0.1) is 6.92 Å². The normalized spacial score (nSPS) is 12.5. The van der Waals surface area contributed by atoms with Gasteiger partial charge in [0.05, 0.1) is 11.5 Å². The molecule has 122 valence electrons. The molecule has 1 rings (SSSR count). The van der Waals surface area contributed by atoms with E-state index in [1.54, 1.807) is 19.1 Å². The van der Waals surface area contributed by atoms with E-state index in [-0.39, 0.29) is 11.5 Å². The van der Waals surface area contributed by atoms with E-state index < -0.39 is 34.8 Å². The molecule has 0 fully saturated rings. The van der Waals surface area contributed by atoms with Crippen molar-refractivity contribution in [2.24, 2.45) is 0 Å². The molecule has 0 amide bonds. The minimum atomic E-state index is -4.09. The number of carbonyl (C=O) groups is 2. The number of carbonyl (C=O) groups excluding carboxylic acids is 2. The Morgan fingerprint density at radius 2 is 1.73 bits per heavy atom. The Labute approximate surface area is 129 Å². The van der Waals surface area contributed by atoms with Gasteiger partial charge >= 0.3 is 11.9 Å². The van der Waals surface area contributed by atoms with Gasteiger partial charge in [0.25, 0.3) is 10.1 Å². The van der Waals surface area contributed by atoms with E-state index in [0.717, 1.165) is 5.56 Å². The van der Waals surface area contributed by atoms with Crippen molar-refractivity contribution in [1.29, 1.82) is 0 Å². The Hall–Kier alpha value is -1.93. The molecule has 0 heterocycles. The molecule has 0 radical (unpaired) electrons. The summed E-state index contributed by atoms with van der Waals surface area (Å²) in [5, 5.41) is 0. The molecule has 1 unspecified atom stereocenters. The summed E-state index contributed by atoms with van der Waals surface area (Å²) in [4.78, 5) is 22.6. The third-order valence-corrected chi connectivity index (χ3v) is 3.94. The van der Waals surface area contributed by atoms with Gasteiger partial charge in [-0.1, -0.05) is 17.7 Å². The first kappa shape index (κ1) is 18.1. The van der Waals surface area contributed by atoms with Crippen molar-refractivity contribution in [2.75, 3.05) is 13.2 Å². The predicted molar refractivity (Wildman–Crippen MR) is 76.5 cm³/mol. The molecular weight excluding hydrogens is 312 g/mol. The Kier molecular flexibility index (Phi) is 6.51. The zero-order valence-corrected chi connectivity index (χ0v) is 13.4. The molecule has 0 bridgehead atoms. The summed E-state index contributed by atoms with van der Waals surface area (Å²) >= 11 is 0. The van der Waals surface area contributed by atoms with Crippen molar-refractivity contribution in [3.8, 4) is 0 Å². The molecule has 1 atom stereocenters. The van der Waals surface area contributed by atoms with Crippen molar-refractivity contribution < 1.29 is 31.7 Å². The van der Waals surface area contributed by atoms with E-state index in [1.165, 1.54) is 19.1 Å². The van der Waals surface area contributed by atoms with Crippen LogP contribution < -0.4 is 0 Å². The van der Waals surface area contributed by atoms with Crippen LogP contribution in [-0.4, -0.2) is 39.7 Å². The van der Waals surface area contributed by atoms with Crippen LogP contribution in [-0.2, 0) is 33.4 Å². The molecule has 0 aliphatic rings. The summed E-state index contributed by atoms with van der Waals surface area (Å²) < 4.78 is 37.9. The average molecular weight is 330 g/mol. The molecule has 0 saturated carbocycles. The highest BCUT2D eigenvalue weighted by molar-refractivity contribution is 7.86. The Balaban J connectivity index is 2.62. The Morgan fingerprint density at radius 3 is 2.27 bits per heavy atom. The first-order valence-electron chi connectivity index (χ1n) is 6.58. The number of rotatable bonds is 7. The maximum atomic E-state index is 12.0. The highest BCUT2D eigenvalue weighted by Gasteiger charge is 2.25. The fourth-order valence-electron chi connectivity index (χ4n) is 1.44. The fraction of sp³-hybridized carbons (Fsp3) is 0.429. The van der Waals surface area contributed by atoms with E-state index in [4.69, 9.17) is 4.18 Å². The quantitative estimate of drug-likeness (QED) is 0.547. The molecule has 0 aromatic heterocycles. The lowest BCUT2D eigenvalue weighted by Crippen LogP contribution is -2.28. The number of ether oxygens (including phenoxy) is 2. The topological polar surface area (TPSA) is 96.0 Å². The highest BCUT2D eigenvalue weighted by atomic mass is 32.2. The number of hydrogen-bond donors (Lipinski definition) is 0. The third kappa shape index (κ3) is 5.45. The number of hydrogen-bond acceptors (Lipinski definition) is 7. The summed E-state index contributed by atoms with van der Waals surface area (Å²) in [7, 11) is -4.09. The van der Waals surface area contributed by atoms with Gasteiger partial charge in [-0.3, -0.25) is 4.18 Å². The van der Waals surface area contributed by atoms with E-state index >= 15 is 0 Å². The summed E-state index contributed by atoms with van der Waals surface area (Å²) in [6.07, 6.45) is -1.37. The van der Waals surface area contributed by atoms with Crippen LogP contribution >= 0.6 is 0 Å². The highest BCUT2D eigenvalue weighted by Crippen LogP contribution is 2.15. The lowest BCUT2D eigenvalue weighted by molar-refractivity contribution is -0.162. The molecule has 1 aromatic rings. The number of benzene rings is 1. The third-order valence-electron chi connectivity index (χ3n) is 2.55. The smallest absolute Gasteiger partial charge is 0.344 e. The van der Waals surface area contributed by atoms with Gasteiger partial charge in [0, 0.05) is 0 Å². The molecule has 7 nitrogen and oxygen atoms in total. The lowest BCUT2D eigenvalue weighted by atomic mass is 10.2. The molecule has 1 aromatic carbocycles. The largest absolute Gasteiger partial charge is 0.463 e. The second-order valence-corrected chi connectivity index (χ2v) is 5.99. The predicted octanol–water partition coefficient (Wildman–Crippen LogP) is 1.20. The molecule has 0 aliphatic carbocycles. The Bertz CT molecular complexity index is 619. The second-order valence-electron chi connectivity index (χ2n) is 4.42. The maximum absolute atomic E-state index is 12.0. The standard InChI is InChI=1S/C14H18O7S/c1-4-19-13(15)9-20-14(16)11(3)21-22(17,18)12-7-5-10(2)6-8-12/h5-8,11H,4,9H2,1-3H3. The lowest BCUT2D eigenvalue weighted by Gasteiger charge is -2.12. The van der Waals surface area contributed by atoms with E-state index in [9.17, 15) is 18.0 Å². The maximum Gasteiger partial charge on any atom is 0.344 e. The molecular formula is C14H18O7S. The van der Waals surface area contributed by atoms with Gasteiger partial charge in [-0.25, -0.2) is 9.59 Å². The van der Waals surface area contributed by atoms with Gasteiger partial charge in [-0.05, 0) is 32.9 Å². The van der Waals surface area contributed by atoms with E-state index in [1.807, 2.05) is 6.92 Å². The van der Waals surface area contributed by atoms with Gasteiger partial charge < -0.3 is 9.47 Å². The molecule has 22 heavy (non-hydrogen) atoms. The van der Waals surface area contributed by atoms with Crippen molar-refractivity contribution in [1.82, 2.24) is 0 Å². The van der Waals surface area contributed by atoms with Crippen molar-refractivity contribution in [3.63, 3.8) is 0 Å². The van der Waals surface area contributed by atoms with Gasteiger partial charge in [0.2, 0.25) is 0 Å². The number of esters is 2. The van der Waals surface area contributed by atoms with Crippen molar-refractivity contribution in [2.45, 2.75) is 31.8 Å². The van der Waals surface area contributed by atoms with Gasteiger partial charge in [-0.15, -0.1) is 0 Å². The summed E-state index contributed by atoms with van der Waals surface area (Å²) in [6.45, 7) is 4.21. The van der Waals surface area contributed by atoms with Gasteiger partial charge in [-0.2, -0.15) is 8.42 Å². The SMILES string of the molecule is CCOC(=O)COC(=O)C(C)OS(=O)(=O)c1ccc(C)cc1. The molecule has 8 heteroatoms. The fourth-order valence-corrected chi connectivity index (χ4v) is 2.48. The van der Waals surface area contributed by atoms with Crippen molar-refractivity contribution >= 4 is 22.1 Å². The van der Waals surface area contributed by atoms with Crippen LogP contribution in [0.25, 0.3) is 0 Å². The molecule has 0 aliphatic heterocycles. The van der Waals surface area contributed by atoms with Crippen LogP contribution in [0.4, 0.5) is 0 Å². The summed E-state index contributed by atoms with van der Waals surface area (Å²) in [5.41, 5.74) is 0.890. The monoisotopic (exact) mass is 330 g/mol.